The maximum atomic E-state index is 14.3. The van der Waals surface area contributed by atoms with E-state index in [9.17, 15) is 14.3 Å². The van der Waals surface area contributed by atoms with Crippen molar-refractivity contribution in [3.8, 4) is 0 Å². The highest BCUT2D eigenvalue weighted by molar-refractivity contribution is 7.11. The average Bonchev–Trinajstić information content (AvgIpc) is 3.58. The predicted octanol–water partition coefficient (Wildman–Crippen LogP) is 9.23. The van der Waals surface area contributed by atoms with Crippen molar-refractivity contribution in [2.24, 2.45) is 11.8 Å². The lowest BCUT2D eigenvalue weighted by atomic mass is 9.87. The molecule has 12 heteroatoms. The first-order chi connectivity index (χ1) is 20.1. The molecular formula is C33H43Cl5FN3O2S. The molecular weight excluding hydrogens is 699 g/mol. The van der Waals surface area contributed by atoms with Gasteiger partial charge < -0.3 is 10.0 Å². The highest BCUT2D eigenvalue weighted by Crippen LogP contribution is 2.44. The second-order valence-electron chi connectivity index (χ2n) is 12.4. The quantitative estimate of drug-likeness (QED) is 0.225. The third-order valence-corrected chi connectivity index (χ3v) is 11.0. The smallest absolute Gasteiger partial charge is 0.321 e. The Morgan fingerprint density at radius 2 is 1.82 bits per heavy atom. The van der Waals surface area contributed by atoms with Gasteiger partial charge in [0, 0.05) is 40.1 Å². The molecule has 1 aliphatic heterocycles. The summed E-state index contributed by atoms with van der Waals surface area (Å²) in [5.74, 6) is 0.0676. The second-order valence-corrected chi connectivity index (χ2v) is 14.4. The molecule has 1 N–H and O–H groups in total. The number of hydrogen-bond acceptors (Lipinski definition) is 5. The minimum atomic E-state index is -0.775. The van der Waals surface area contributed by atoms with E-state index < -0.39 is 12.0 Å². The van der Waals surface area contributed by atoms with Crippen molar-refractivity contribution in [1.29, 1.82) is 0 Å². The molecule has 0 bridgehead atoms. The number of carbonyl (C=O) groups is 1. The van der Waals surface area contributed by atoms with Crippen LogP contribution in [0.2, 0.25) is 10.0 Å². The number of halogens is 6. The van der Waals surface area contributed by atoms with Gasteiger partial charge in [0.15, 0.2) is 0 Å². The first kappa shape index (κ1) is 40.0. The van der Waals surface area contributed by atoms with Gasteiger partial charge in [0.2, 0.25) is 0 Å². The topological polar surface area (TPSA) is 56.7 Å². The van der Waals surface area contributed by atoms with Crippen LogP contribution in [0.5, 0.6) is 0 Å². The molecule has 4 atom stereocenters. The Morgan fingerprint density at radius 1 is 1.11 bits per heavy atom. The van der Waals surface area contributed by atoms with Crippen molar-refractivity contribution in [2.75, 3.05) is 26.7 Å². The molecule has 0 spiro atoms. The SMILES string of the molecule is CC(C)[C@H](C(=O)O)N(C)C1CC(CN2CCC(c3cnc(Cc4ccc(Cl)cc4Cl)s3)CC2)C(c2cccc(F)c2)C1.Cl.Cl.Cl. The van der Waals surface area contributed by atoms with Gasteiger partial charge in [0.25, 0.3) is 0 Å². The molecule has 5 nitrogen and oxygen atoms in total. The fourth-order valence-corrected chi connectivity index (χ4v) is 8.67. The number of carboxylic acid groups (broad SMARTS) is 1. The monoisotopic (exact) mass is 739 g/mol. The summed E-state index contributed by atoms with van der Waals surface area (Å²) >= 11 is 14.2. The van der Waals surface area contributed by atoms with Crippen LogP contribution < -0.4 is 0 Å². The highest BCUT2D eigenvalue weighted by atomic mass is 35.5. The molecule has 0 amide bonds. The van der Waals surface area contributed by atoms with Crippen LogP contribution in [0.3, 0.4) is 0 Å². The minimum Gasteiger partial charge on any atom is -0.480 e. The van der Waals surface area contributed by atoms with E-state index in [1.54, 1.807) is 29.5 Å². The maximum absolute atomic E-state index is 14.3. The van der Waals surface area contributed by atoms with Crippen LogP contribution in [-0.4, -0.2) is 64.6 Å². The van der Waals surface area contributed by atoms with Crippen LogP contribution in [0.4, 0.5) is 4.39 Å². The van der Waals surface area contributed by atoms with Gasteiger partial charge in [-0.15, -0.1) is 48.6 Å². The molecule has 2 aliphatic rings. The van der Waals surface area contributed by atoms with Gasteiger partial charge >= 0.3 is 5.97 Å². The summed E-state index contributed by atoms with van der Waals surface area (Å²) in [4.78, 5) is 22.7. The lowest BCUT2D eigenvalue weighted by Gasteiger charge is -2.35. The zero-order chi connectivity index (χ0) is 30.0. The van der Waals surface area contributed by atoms with Crippen LogP contribution in [0.25, 0.3) is 0 Å². The number of nitrogens with zero attached hydrogens (tertiary/aromatic N) is 3. The third kappa shape index (κ3) is 9.93. The van der Waals surface area contributed by atoms with Gasteiger partial charge in [0.05, 0.1) is 5.01 Å². The Bertz CT molecular complexity index is 1390. The molecule has 3 unspecified atom stereocenters. The van der Waals surface area contributed by atoms with Crippen LogP contribution in [0, 0.1) is 17.7 Å². The zero-order valence-corrected chi connectivity index (χ0v) is 30.5. The number of likely N-dealkylation sites (tertiary alicyclic amines) is 1. The summed E-state index contributed by atoms with van der Waals surface area (Å²) in [6, 6.07) is 12.2. The first-order valence-electron chi connectivity index (χ1n) is 14.9. The Hall–Kier alpha value is -1.16. The van der Waals surface area contributed by atoms with Crippen LogP contribution in [0.1, 0.15) is 72.4 Å². The Morgan fingerprint density at radius 3 is 2.44 bits per heavy atom. The van der Waals surface area contributed by atoms with Gasteiger partial charge in [-0.05, 0) is 105 Å². The molecule has 2 fully saturated rings. The number of aliphatic carboxylic acids is 1. The Kier molecular flexibility index (Phi) is 15.9. The molecule has 250 valence electrons. The molecule has 3 aromatic rings. The molecule has 1 saturated carbocycles. The van der Waals surface area contributed by atoms with Gasteiger partial charge in [-0.1, -0.05) is 55.2 Å². The fraction of sp³-hybridized carbons (Fsp3) is 0.515. The van der Waals surface area contributed by atoms with E-state index >= 15 is 0 Å². The molecule has 1 aromatic heterocycles. The van der Waals surface area contributed by atoms with Gasteiger partial charge in [-0.3, -0.25) is 9.69 Å². The summed E-state index contributed by atoms with van der Waals surface area (Å²) in [6.45, 7) is 6.90. The van der Waals surface area contributed by atoms with E-state index in [0.29, 0.717) is 28.3 Å². The number of rotatable bonds is 10. The van der Waals surface area contributed by atoms with E-state index in [0.717, 1.165) is 61.5 Å². The number of carboxylic acids is 1. The summed E-state index contributed by atoms with van der Waals surface area (Å²) in [5, 5.41) is 12.3. The van der Waals surface area contributed by atoms with Crippen molar-refractivity contribution >= 4 is 77.7 Å². The summed E-state index contributed by atoms with van der Waals surface area (Å²) < 4.78 is 14.3. The molecule has 0 radical (unpaired) electrons. The summed E-state index contributed by atoms with van der Waals surface area (Å²) in [5.41, 5.74) is 2.06. The van der Waals surface area contributed by atoms with Crippen LogP contribution >= 0.6 is 71.8 Å². The van der Waals surface area contributed by atoms with Gasteiger partial charge in [0.1, 0.15) is 11.9 Å². The zero-order valence-electron chi connectivity index (χ0n) is 25.7. The first-order valence-corrected chi connectivity index (χ1v) is 16.5. The third-order valence-electron chi connectivity index (χ3n) is 9.26. The largest absolute Gasteiger partial charge is 0.480 e. The van der Waals surface area contributed by atoms with E-state index in [1.807, 2.05) is 45.3 Å². The van der Waals surface area contributed by atoms with Crippen molar-refractivity contribution in [3.05, 3.63) is 85.5 Å². The number of benzene rings is 2. The van der Waals surface area contributed by atoms with Crippen molar-refractivity contribution in [2.45, 2.75) is 69.9 Å². The highest BCUT2D eigenvalue weighted by Gasteiger charge is 2.41. The van der Waals surface area contributed by atoms with Crippen molar-refractivity contribution in [1.82, 2.24) is 14.8 Å². The molecule has 2 aromatic carbocycles. The number of aromatic nitrogens is 1. The lowest BCUT2D eigenvalue weighted by Crippen LogP contribution is -2.47. The van der Waals surface area contributed by atoms with Crippen molar-refractivity contribution in [3.63, 3.8) is 0 Å². The van der Waals surface area contributed by atoms with Gasteiger partial charge in [-0.2, -0.15) is 0 Å². The van der Waals surface area contributed by atoms with E-state index in [1.165, 1.54) is 10.9 Å². The average molecular weight is 742 g/mol. The summed E-state index contributed by atoms with van der Waals surface area (Å²) in [7, 11) is 1.95. The minimum absolute atomic E-state index is 0. The lowest BCUT2D eigenvalue weighted by molar-refractivity contribution is -0.145. The number of hydrogen-bond donors (Lipinski definition) is 1. The van der Waals surface area contributed by atoms with Crippen LogP contribution in [-0.2, 0) is 11.2 Å². The van der Waals surface area contributed by atoms with E-state index in [-0.39, 0.29) is 60.9 Å². The normalized spacial score (nSPS) is 21.2. The van der Waals surface area contributed by atoms with Crippen LogP contribution in [0.15, 0.2) is 48.7 Å². The Balaban J connectivity index is 0.00000235. The molecule has 2 heterocycles. The molecule has 45 heavy (non-hydrogen) atoms. The second kappa shape index (κ2) is 17.8. The number of thiazole rings is 1. The summed E-state index contributed by atoms with van der Waals surface area (Å²) in [6.07, 6.45) is 6.67. The van der Waals surface area contributed by atoms with E-state index in [2.05, 4.69) is 9.80 Å². The molecule has 5 rings (SSSR count). The molecule has 1 aliphatic carbocycles. The van der Waals surface area contributed by atoms with E-state index in [4.69, 9.17) is 28.2 Å². The van der Waals surface area contributed by atoms with Gasteiger partial charge in [-0.25, -0.2) is 9.37 Å². The Labute approximate surface area is 299 Å². The maximum Gasteiger partial charge on any atom is 0.321 e. The predicted molar refractivity (Wildman–Crippen MR) is 191 cm³/mol. The molecule has 1 saturated heterocycles. The number of likely N-dealkylation sites (N-methyl/N-ethyl adjacent to an activating group) is 1. The standard InChI is InChI=1S/C33H40Cl2FN3O2S.3ClH/c1-20(2)32(33(40)41)38(3)27-14-24(28(17-27)22-5-4-6-26(36)13-22)19-39-11-9-21(10-12-39)30-18-37-31(42-30)15-23-7-8-25(34)16-29(23)35;;;/h4-8,13,16,18,20-21,24,27-28,32H,9-12,14-15,17,19H2,1-3H3,(H,40,41);3*1H/t24?,27?,28?,32-;;;/m1.../s1. The number of piperidine rings is 1. The van der Waals surface area contributed by atoms with Crippen molar-refractivity contribution < 1.29 is 14.3 Å². The fourth-order valence-electron chi connectivity index (χ4n) is 7.09.